The molecule has 1 aromatic rings. The second-order valence-corrected chi connectivity index (χ2v) is 5.78. The molecule has 5 nitrogen and oxygen atoms in total. The number of hydrogen-bond donors (Lipinski definition) is 2. The summed E-state index contributed by atoms with van der Waals surface area (Å²) in [5.41, 5.74) is 0.522. The van der Waals surface area contributed by atoms with Crippen LogP contribution in [0.3, 0.4) is 0 Å². The van der Waals surface area contributed by atoms with Crippen LogP contribution in [-0.4, -0.2) is 30.1 Å². The van der Waals surface area contributed by atoms with E-state index in [1.54, 1.807) is 42.5 Å². The number of carbonyl (C=O) groups is 2. The van der Waals surface area contributed by atoms with Gasteiger partial charge in [-0.1, -0.05) is 62.4 Å². The highest BCUT2D eigenvalue weighted by molar-refractivity contribution is 5.92. The van der Waals surface area contributed by atoms with Crippen LogP contribution >= 0.6 is 0 Å². The van der Waals surface area contributed by atoms with Crippen LogP contribution in [0, 0.1) is 5.92 Å². The number of rotatable bonds is 8. The Morgan fingerprint density at radius 3 is 2.46 bits per heavy atom. The fraction of sp³-hybridized carbons (Fsp3) is 0.368. The molecule has 0 fully saturated rings. The molecule has 1 amide bonds. The number of nitrogens with one attached hydrogen (secondary N) is 1. The molecule has 1 aromatic carbocycles. The summed E-state index contributed by atoms with van der Waals surface area (Å²) in [6.45, 7) is 4.21. The van der Waals surface area contributed by atoms with Crippen LogP contribution in [0.15, 0.2) is 54.6 Å². The summed E-state index contributed by atoms with van der Waals surface area (Å²) in [6, 6.07) is 7.47. The zero-order valence-corrected chi connectivity index (χ0v) is 14.3. The van der Waals surface area contributed by atoms with E-state index < -0.39 is 24.0 Å². The van der Waals surface area contributed by atoms with Crippen molar-refractivity contribution in [2.24, 2.45) is 5.92 Å². The summed E-state index contributed by atoms with van der Waals surface area (Å²) >= 11 is 0. The molecule has 0 aromatic heterocycles. The number of amides is 1. The molecule has 24 heavy (non-hydrogen) atoms. The van der Waals surface area contributed by atoms with Gasteiger partial charge in [0.15, 0.2) is 6.04 Å². The summed E-state index contributed by atoms with van der Waals surface area (Å²) in [5, 5.41) is 12.8. The van der Waals surface area contributed by atoms with Crippen molar-refractivity contribution in [1.82, 2.24) is 5.32 Å². The van der Waals surface area contributed by atoms with Gasteiger partial charge in [0.2, 0.25) is 5.91 Å². The van der Waals surface area contributed by atoms with E-state index >= 15 is 0 Å². The summed E-state index contributed by atoms with van der Waals surface area (Å²) < 4.78 is 4.67. The van der Waals surface area contributed by atoms with Gasteiger partial charge in [0, 0.05) is 6.08 Å². The number of esters is 1. The predicted octanol–water partition coefficient (Wildman–Crippen LogP) is 2.54. The third kappa shape index (κ3) is 6.79. The SMILES string of the molecule is COC(=O)[C@@H](NC(=O)/C=C/C=C/CC(C)C)[C@H](O)c1ccccc1. The molecule has 0 unspecified atom stereocenters. The first-order valence-corrected chi connectivity index (χ1v) is 7.90. The Kier molecular flexibility index (Phi) is 8.50. The van der Waals surface area contributed by atoms with Gasteiger partial charge in [-0.3, -0.25) is 4.79 Å². The smallest absolute Gasteiger partial charge is 0.331 e. The van der Waals surface area contributed by atoms with Gasteiger partial charge >= 0.3 is 5.97 Å². The molecule has 5 heteroatoms. The standard InChI is InChI=1S/C19H25NO4/c1-14(2)10-6-4-9-13-16(21)20-17(19(23)24-3)18(22)15-11-7-5-8-12-15/h4-9,11-14,17-18,22H,10H2,1-3H3,(H,20,21)/b6-4+,13-9+/t17-,18+/m0/s1. The molecule has 2 atom stereocenters. The second kappa shape index (κ2) is 10.4. The summed E-state index contributed by atoms with van der Waals surface area (Å²) in [7, 11) is 1.21. The average Bonchev–Trinajstić information content (AvgIpc) is 2.58. The van der Waals surface area contributed by atoms with Gasteiger partial charge in [0.05, 0.1) is 7.11 Å². The van der Waals surface area contributed by atoms with Crippen molar-refractivity contribution in [3.8, 4) is 0 Å². The van der Waals surface area contributed by atoms with E-state index in [2.05, 4.69) is 23.9 Å². The Balaban J connectivity index is 2.73. The van der Waals surface area contributed by atoms with Crippen LogP contribution in [-0.2, 0) is 14.3 Å². The normalized spacial score (nSPS) is 14.0. The van der Waals surface area contributed by atoms with E-state index in [9.17, 15) is 14.7 Å². The van der Waals surface area contributed by atoms with E-state index in [0.717, 1.165) is 6.42 Å². The maximum atomic E-state index is 12.0. The summed E-state index contributed by atoms with van der Waals surface area (Å²) in [6.07, 6.45) is 6.38. The highest BCUT2D eigenvalue weighted by Crippen LogP contribution is 2.17. The number of methoxy groups -OCH3 is 1. The van der Waals surface area contributed by atoms with Crippen LogP contribution in [0.2, 0.25) is 0 Å². The van der Waals surface area contributed by atoms with Crippen molar-refractivity contribution in [2.45, 2.75) is 32.4 Å². The molecule has 0 bridgehead atoms. The molecule has 0 radical (unpaired) electrons. The van der Waals surface area contributed by atoms with Crippen molar-refractivity contribution in [2.75, 3.05) is 7.11 Å². The van der Waals surface area contributed by atoms with Crippen LogP contribution < -0.4 is 5.32 Å². The number of ether oxygens (including phenoxy) is 1. The molecule has 1 rings (SSSR count). The van der Waals surface area contributed by atoms with Crippen molar-refractivity contribution >= 4 is 11.9 Å². The van der Waals surface area contributed by atoms with E-state index in [1.807, 2.05) is 6.08 Å². The second-order valence-electron chi connectivity index (χ2n) is 5.78. The van der Waals surface area contributed by atoms with E-state index in [-0.39, 0.29) is 0 Å². The van der Waals surface area contributed by atoms with Gasteiger partial charge in [0.1, 0.15) is 6.10 Å². The van der Waals surface area contributed by atoms with Crippen LogP contribution in [0.4, 0.5) is 0 Å². The largest absolute Gasteiger partial charge is 0.467 e. The quantitative estimate of drug-likeness (QED) is 0.436. The van der Waals surface area contributed by atoms with E-state index in [4.69, 9.17) is 0 Å². The number of aliphatic hydroxyl groups excluding tert-OH is 1. The first-order chi connectivity index (χ1) is 11.5. The molecular formula is C19H25NO4. The Morgan fingerprint density at radius 2 is 1.88 bits per heavy atom. The molecular weight excluding hydrogens is 306 g/mol. The number of benzene rings is 1. The molecule has 0 saturated heterocycles. The van der Waals surface area contributed by atoms with Crippen molar-refractivity contribution in [1.29, 1.82) is 0 Å². The Hall–Kier alpha value is -2.40. The summed E-state index contributed by atoms with van der Waals surface area (Å²) in [4.78, 5) is 23.8. The number of carbonyl (C=O) groups excluding carboxylic acids is 2. The Bertz CT molecular complexity index is 578. The lowest BCUT2D eigenvalue weighted by atomic mass is 10.0. The third-order valence-corrected chi connectivity index (χ3v) is 3.31. The molecule has 0 aliphatic heterocycles. The predicted molar refractivity (Wildman–Crippen MR) is 93.1 cm³/mol. The maximum absolute atomic E-state index is 12.0. The lowest BCUT2D eigenvalue weighted by Gasteiger charge is -2.21. The fourth-order valence-corrected chi connectivity index (χ4v) is 2.01. The van der Waals surface area contributed by atoms with Gasteiger partial charge in [0.25, 0.3) is 0 Å². The lowest BCUT2D eigenvalue weighted by molar-refractivity contribution is -0.148. The Morgan fingerprint density at radius 1 is 1.21 bits per heavy atom. The van der Waals surface area contributed by atoms with Gasteiger partial charge in [-0.25, -0.2) is 4.79 Å². The van der Waals surface area contributed by atoms with Gasteiger partial charge in [-0.05, 0) is 17.9 Å². The third-order valence-electron chi connectivity index (χ3n) is 3.31. The lowest BCUT2D eigenvalue weighted by Crippen LogP contribution is -2.45. The average molecular weight is 331 g/mol. The summed E-state index contributed by atoms with van der Waals surface area (Å²) in [5.74, 6) is -0.633. The topological polar surface area (TPSA) is 75.6 Å². The minimum absolute atomic E-state index is 0.477. The van der Waals surface area contributed by atoms with E-state index in [1.165, 1.54) is 13.2 Å². The van der Waals surface area contributed by atoms with Gasteiger partial charge in [-0.15, -0.1) is 0 Å². The van der Waals surface area contributed by atoms with Crippen molar-refractivity contribution in [3.05, 3.63) is 60.2 Å². The van der Waals surface area contributed by atoms with Crippen molar-refractivity contribution < 1.29 is 19.4 Å². The zero-order valence-electron chi connectivity index (χ0n) is 14.3. The number of aliphatic hydroxyl groups is 1. The van der Waals surface area contributed by atoms with Crippen molar-refractivity contribution in [3.63, 3.8) is 0 Å². The number of allylic oxidation sites excluding steroid dienone is 3. The first kappa shape index (κ1) is 19.6. The Labute approximate surface area is 143 Å². The zero-order chi connectivity index (χ0) is 17.9. The first-order valence-electron chi connectivity index (χ1n) is 7.90. The van der Waals surface area contributed by atoms with Gasteiger partial charge in [-0.2, -0.15) is 0 Å². The maximum Gasteiger partial charge on any atom is 0.331 e. The number of hydrogen-bond acceptors (Lipinski definition) is 4. The highest BCUT2D eigenvalue weighted by Gasteiger charge is 2.29. The van der Waals surface area contributed by atoms with E-state index in [0.29, 0.717) is 11.5 Å². The molecule has 0 aliphatic rings. The molecule has 0 heterocycles. The minimum atomic E-state index is -1.19. The molecule has 2 N–H and O–H groups in total. The fourth-order valence-electron chi connectivity index (χ4n) is 2.01. The van der Waals surface area contributed by atoms with Crippen LogP contribution in [0.25, 0.3) is 0 Å². The highest BCUT2D eigenvalue weighted by atomic mass is 16.5. The molecule has 130 valence electrons. The monoisotopic (exact) mass is 331 g/mol. The minimum Gasteiger partial charge on any atom is -0.467 e. The molecule has 0 spiro atoms. The molecule has 0 aliphatic carbocycles. The van der Waals surface area contributed by atoms with Crippen LogP contribution in [0.1, 0.15) is 31.9 Å². The van der Waals surface area contributed by atoms with Crippen LogP contribution in [0.5, 0.6) is 0 Å². The van der Waals surface area contributed by atoms with Gasteiger partial charge < -0.3 is 15.2 Å². The molecule has 0 saturated carbocycles.